The third-order valence-corrected chi connectivity index (χ3v) is 3.27. The zero-order valence-corrected chi connectivity index (χ0v) is 12.3. The zero-order chi connectivity index (χ0) is 16.0. The quantitative estimate of drug-likeness (QED) is 0.306. The molecule has 0 heterocycles. The van der Waals surface area contributed by atoms with Gasteiger partial charge in [0, 0.05) is 19.2 Å². The number of carbonyl (C=O) groups is 1. The van der Waals surface area contributed by atoms with Gasteiger partial charge in [-0.05, 0) is 24.3 Å². The zero-order valence-electron chi connectivity index (χ0n) is 12.3. The molecule has 0 aliphatic heterocycles. The first-order valence-electron chi connectivity index (χ1n) is 6.70. The van der Waals surface area contributed by atoms with Crippen molar-refractivity contribution in [2.24, 2.45) is 5.41 Å². The number of benzene rings is 1. The molecule has 0 bridgehead atoms. The number of para-hydroxylation sites is 1. The molecule has 0 unspecified atom stereocenters. The van der Waals surface area contributed by atoms with Crippen LogP contribution in [-0.2, 0) is 0 Å². The number of amides is 1. The van der Waals surface area contributed by atoms with Gasteiger partial charge < -0.3 is 16.2 Å². The predicted octanol–water partition coefficient (Wildman–Crippen LogP) is 1.71. The number of hydrogen-bond acceptors (Lipinski definition) is 5. The van der Waals surface area contributed by atoms with Crippen molar-refractivity contribution in [3.63, 3.8) is 0 Å². The van der Waals surface area contributed by atoms with E-state index in [4.69, 9.17) is 10.8 Å². The van der Waals surface area contributed by atoms with Crippen LogP contribution in [0.2, 0.25) is 0 Å². The minimum Gasteiger partial charge on any atom is -0.396 e. The highest BCUT2D eigenvalue weighted by molar-refractivity contribution is 6.00. The van der Waals surface area contributed by atoms with E-state index in [0.717, 1.165) is 6.42 Å². The van der Waals surface area contributed by atoms with Crippen LogP contribution in [0.4, 0.5) is 11.4 Å². The molecule has 21 heavy (non-hydrogen) atoms. The molecule has 0 aromatic heterocycles. The van der Waals surface area contributed by atoms with Gasteiger partial charge in [-0.1, -0.05) is 19.9 Å². The van der Waals surface area contributed by atoms with Crippen LogP contribution in [-0.4, -0.2) is 29.1 Å². The number of nitrogens with two attached hydrogens (primary N) is 1. The van der Waals surface area contributed by atoms with E-state index >= 15 is 0 Å². The van der Waals surface area contributed by atoms with E-state index in [1.807, 2.05) is 13.8 Å². The average molecular weight is 295 g/mol. The molecule has 1 aromatic rings. The van der Waals surface area contributed by atoms with E-state index in [-0.39, 0.29) is 29.0 Å². The predicted molar refractivity (Wildman–Crippen MR) is 79.9 cm³/mol. The Labute approximate surface area is 123 Å². The highest BCUT2D eigenvalue weighted by Crippen LogP contribution is 2.25. The van der Waals surface area contributed by atoms with Gasteiger partial charge in [-0.15, -0.1) is 0 Å². The van der Waals surface area contributed by atoms with Gasteiger partial charge in [0.25, 0.3) is 11.6 Å². The van der Waals surface area contributed by atoms with Crippen LogP contribution < -0.4 is 11.1 Å². The Hall–Kier alpha value is -2.15. The fourth-order valence-corrected chi connectivity index (χ4v) is 1.85. The van der Waals surface area contributed by atoms with Gasteiger partial charge >= 0.3 is 0 Å². The molecule has 116 valence electrons. The lowest BCUT2D eigenvalue weighted by Gasteiger charge is -2.21. The molecule has 0 aliphatic carbocycles. The number of aliphatic hydroxyl groups is 1. The Kier molecular flexibility index (Phi) is 5.66. The van der Waals surface area contributed by atoms with Gasteiger partial charge in [0.1, 0.15) is 5.69 Å². The summed E-state index contributed by atoms with van der Waals surface area (Å²) < 4.78 is 0. The van der Waals surface area contributed by atoms with Crippen molar-refractivity contribution in [3.05, 3.63) is 33.9 Å². The summed E-state index contributed by atoms with van der Waals surface area (Å²) in [5.41, 5.74) is 5.16. The van der Waals surface area contributed by atoms with Crippen LogP contribution in [0.1, 0.15) is 37.0 Å². The molecule has 7 heteroatoms. The third-order valence-electron chi connectivity index (χ3n) is 3.27. The normalized spacial score (nSPS) is 11.2. The van der Waals surface area contributed by atoms with Gasteiger partial charge in [-0.25, -0.2) is 0 Å². The smallest absolute Gasteiger partial charge is 0.292 e. The lowest BCUT2D eigenvalue weighted by atomic mass is 9.89. The summed E-state index contributed by atoms with van der Waals surface area (Å²) in [5, 5.41) is 22.6. The van der Waals surface area contributed by atoms with Crippen LogP contribution in [0.3, 0.4) is 0 Å². The summed E-state index contributed by atoms with van der Waals surface area (Å²) in [6, 6.07) is 4.14. The van der Waals surface area contributed by atoms with Gasteiger partial charge in [0.2, 0.25) is 0 Å². The molecule has 7 nitrogen and oxygen atoms in total. The van der Waals surface area contributed by atoms with Gasteiger partial charge in [0.05, 0.1) is 10.5 Å². The van der Waals surface area contributed by atoms with E-state index < -0.39 is 10.8 Å². The first-order valence-corrected chi connectivity index (χ1v) is 6.70. The number of nitrogens with zero attached hydrogens (tertiary/aromatic N) is 1. The van der Waals surface area contributed by atoms with Crippen LogP contribution >= 0.6 is 0 Å². The second-order valence-electron chi connectivity index (χ2n) is 5.68. The second-order valence-corrected chi connectivity index (χ2v) is 5.68. The Morgan fingerprint density at radius 3 is 2.71 bits per heavy atom. The maximum atomic E-state index is 12.0. The minimum atomic E-state index is -0.615. The van der Waals surface area contributed by atoms with Crippen molar-refractivity contribution >= 4 is 17.3 Å². The second kappa shape index (κ2) is 7.03. The van der Waals surface area contributed by atoms with Crippen LogP contribution in [0.15, 0.2) is 18.2 Å². The molecular formula is C14H21N3O4. The van der Waals surface area contributed by atoms with Crippen LogP contribution in [0.25, 0.3) is 0 Å². The van der Waals surface area contributed by atoms with E-state index in [0.29, 0.717) is 13.0 Å². The number of nitro benzene ring substituents is 1. The number of anilines is 1. The largest absolute Gasteiger partial charge is 0.396 e. The number of nitro groups is 1. The van der Waals surface area contributed by atoms with Gasteiger partial charge in [-0.3, -0.25) is 14.9 Å². The number of nitrogens with one attached hydrogen (secondary N) is 1. The molecule has 4 N–H and O–H groups in total. The minimum absolute atomic E-state index is 0.0821. The lowest BCUT2D eigenvalue weighted by molar-refractivity contribution is -0.383. The molecule has 1 amide bonds. The Bertz CT molecular complexity index is 529. The number of hydrogen-bond donors (Lipinski definition) is 3. The van der Waals surface area contributed by atoms with Crippen molar-refractivity contribution < 1.29 is 14.8 Å². The first kappa shape index (κ1) is 16.9. The van der Waals surface area contributed by atoms with Crippen molar-refractivity contribution in [1.82, 2.24) is 5.32 Å². The average Bonchev–Trinajstić information content (AvgIpc) is 2.43. The number of rotatable bonds is 7. The van der Waals surface area contributed by atoms with E-state index in [2.05, 4.69) is 5.32 Å². The van der Waals surface area contributed by atoms with E-state index in [9.17, 15) is 14.9 Å². The standard InChI is InChI=1S/C14H21N3O4/c1-14(2,9-18)7-4-8-16-13(19)10-5-3-6-11(12(10)15)17(20)21/h3,5-6,18H,4,7-9,15H2,1-2H3,(H,16,19). The van der Waals surface area contributed by atoms with E-state index in [1.54, 1.807) is 0 Å². The molecule has 1 rings (SSSR count). The van der Waals surface area contributed by atoms with Crippen molar-refractivity contribution in [1.29, 1.82) is 0 Å². The van der Waals surface area contributed by atoms with Gasteiger partial charge in [0.15, 0.2) is 0 Å². The Morgan fingerprint density at radius 1 is 1.48 bits per heavy atom. The molecular weight excluding hydrogens is 274 g/mol. The van der Waals surface area contributed by atoms with Crippen molar-refractivity contribution in [2.75, 3.05) is 18.9 Å². The van der Waals surface area contributed by atoms with E-state index in [1.165, 1.54) is 18.2 Å². The summed E-state index contributed by atoms with van der Waals surface area (Å²) in [6.07, 6.45) is 1.46. The summed E-state index contributed by atoms with van der Waals surface area (Å²) in [5.74, 6) is -0.432. The van der Waals surface area contributed by atoms with Crippen LogP contribution in [0, 0.1) is 15.5 Å². The highest BCUT2D eigenvalue weighted by atomic mass is 16.6. The summed E-state index contributed by atoms with van der Waals surface area (Å²) in [6.45, 7) is 4.38. The monoisotopic (exact) mass is 295 g/mol. The Balaban J connectivity index is 2.61. The molecule has 0 radical (unpaired) electrons. The molecule has 1 aromatic carbocycles. The molecule has 0 saturated heterocycles. The fraction of sp³-hybridized carbons (Fsp3) is 0.500. The van der Waals surface area contributed by atoms with Gasteiger partial charge in [-0.2, -0.15) is 0 Å². The fourth-order valence-electron chi connectivity index (χ4n) is 1.85. The number of nitrogen functional groups attached to an aromatic ring is 1. The maximum Gasteiger partial charge on any atom is 0.292 e. The van der Waals surface area contributed by atoms with Crippen molar-refractivity contribution in [2.45, 2.75) is 26.7 Å². The lowest BCUT2D eigenvalue weighted by Crippen LogP contribution is -2.27. The third kappa shape index (κ3) is 4.71. The first-order chi connectivity index (χ1) is 9.78. The highest BCUT2D eigenvalue weighted by Gasteiger charge is 2.19. The molecule has 0 fully saturated rings. The number of carbonyl (C=O) groups excluding carboxylic acids is 1. The summed E-state index contributed by atoms with van der Waals surface area (Å²) >= 11 is 0. The maximum absolute atomic E-state index is 12.0. The molecule has 0 atom stereocenters. The van der Waals surface area contributed by atoms with Crippen LogP contribution in [0.5, 0.6) is 0 Å². The summed E-state index contributed by atoms with van der Waals surface area (Å²) in [7, 11) is 0. The van der Waals surface area contributed by atoms with Crippen molar-refractivity contribution in [3.8, 4) is 0 Å². The molecule has 0 aliphatic rings. The SMILES string of the molecule is CC(C)(CO)CCCNC(=O)c1cccc([N+](=O)[O-])c1N. The number of aliphatic hydroxyl groups excluding tert-OH is 1. The topological polar surface area (TPSA) is 118 Å². The molecule has 0 saturated carbocycles. The Morgan fingerprint density at radius 2 is 2.14 bits per heavy atom. The summed E-state index contributed by atoms with van der Waals surface area (Å²) in [4.78, 5) is 22.1. The molecule has 0 spiro atoms.